The summed E-state index contributed by atoms with van der Waals surface area (Å²) in [6.45, 7) is 4.10. The Bertz CT molecular complexity index is 1240. The SMILES string of the molecule is CC(C)c1cc(C(=O)Nc2ccc(C(=O)c3nccn3C)cc2)c2ccccc2n1. The smallest absolute Gasteiger partial charge is 0.256 e. The standard InChI is InChI=1S/C24H22N4O2/c1-15(2)21-14-19(18-6-4-5-7-20(18)27-21)24(30)26-17-10-8-16(9-11-17)22(29)23-25-12-13-28(23)3/h4-15H,1-3H3,(H,26,30). The molecule has 0 unspecified atom stereocenters. The predicted octanol–water partition coefficient (Wildman–Crippen LogP) is 4.58. The van der Waals surface area contributed by atoms with E-state index in [0.717, 1.165) is 16.6 Å². The lowest BCUT2D eigenvalue weighted by Crippen LogP contribution is -2.14. The number of aromatic nitrogens is 3. The van der Waals surface area contributed by atoms with Crippen LogP contribution in [0.5, 0.6) is 0 Å². The largest absolute Gasteiger partial charge is 0.331 e. The maximum atomic E-state index is 13.0. The third-order valence-electron chi connectivity index (χ3n) is 5.00. The molecule has 4 aromatic rings. The zero-order valence-corrected chi connectivity index (χ0v) is 17.1. The van der Waals surface area contributed by atoms with Gasteiger partial charge < -0.3 is 9.88 Å². The Morgan fingerprint density at radius 1 is 1.03 bits per heavy atom. The maximum absolute atomic E-state index is 13.0. The summed E-state index contributed by atoms with van der Waals surface area (Å²) in [4.78, 5) is 34.3. The number of ketones is 1. The van der Waals surface area contributed by atoms with Crippen molar-refractivity contribution in [1.82, 2.24) is 14.5 Å². The summed E-state index contributed by atoms with van der Waals surface area (Å²) in [6, 6.07) is 16.3. The number of anilines is 1. The van der Waals surface area contributed by atoms with Crippen molar-refractivity contribution < 1.29 is 9.59 Å². The Kier molecular flexibility index (Phi) is 5.14. The molecule has 0 aliphatic heterocycles. The Hall–Kier alpha value is -3.80. The van der Waals surface area contributed by atoms with Crippen LogP contribution in [0.25, 0.3) is 10.9 Å². The molecule has 4 rings (SSSR count). The zero-order valence-electron chi connectivity index (χ0n) is 17.1. The average molecular weight is 398 g/mol. The Morgan fingerprint density at radius 3 is 2.43 bits per heavy atom. The number of nitrogens with zero attached hydrogens (tertiary/aromatic N) is 3. The van der Waals surface area contributed by atoms with Gasteiger partial charge in [-0.2, -0.15) is 0 Å². The van der Waals surface area contributed by atoms with E-state index in [4.69, 9.17) is 0 Å². The van der Waals surface area contributed by atoms with E-state index in [9.17, 15) is 9.59 Å². The van der Waals surface area contributed by atoms with Gasteiger partial charge in [0.25, 0.3) is 5.91 Å². The minimum absolute atomic E-state index is 0.165. The summed E-state index contributed by atoms with van der Waals surface area (Å²) in [7, 11) is 1.78. The van der Waals surface area contributed by atoms with Gasteiger partial charge >= 0.3 is 0 Å². The van der Waals surface area contributed by atoms with E-state index >= 15 is 0 Å². The number of aryl methyl sites for hydroxylation is 1. The number of fused-ring (bicyclic) bond motifs is 1. The van der Waals surface area contributed by atoms with Crippen LogP contribution in [-0.4, -0.2) is 26.2 Å². The highest BCUT2D eigenvalue weighted by atomic mass is 16.1. The number of benzene rings is 2. The molecule has 1 amide bonds. The number of para-hydroxylation sites is 1. The normalized spacial score (nSPS) is 11.1. The van der Waals surface area contributed by atoms with E-state index in [1.54, 1.807) is 48.3 Å². The fourth-order valence-corrected chi connectivity index (χ4v) is 3.30. The highest BCUT2D eigenvalue weighted by molar-refractivity contribution is 6.12. The van der Waals surface area contributed by atoms with Gasteiger partial charge in [-0.05, 0) is 42.3 Å². The molecule has 2 heterocycles. The molecule has 0 saturated heterocycles. The molecule has 0 fully saturated rings. The molecule has 6 heteroatoms. The number of nitrogens with one attached hydrogen (secondary N) is 1. The van der Waals surface area contributed by atoms with Crippen molar-refractivity contribution in [3.8, 4) is 0 Å². The van der Waals surface area contributed by atoms with Crippen LogP contribution in [-0.2, 0) is 7.05 Å². The van der Waals surface area contributed by atoms with Gasteiger partial charge in [-0.15, -0.1) is 0 Å². The second-order valence-corrected chi connectivity index (χ2v) is 7.49. The molecule has 0 aliphatic rings. The molecule has 1 N–H and O–H groups in total. The molecule has 0 atom stereocenters. The lowest BCUT2D eigenvalue weighted by Gasteiger charge is -2.12. The van der Waals surface area contributed by atoms with Crippen LogP contribution >= 0.6 is 0 Å². The zero-order chi connectivity index (χ0) is 21.3. The van der Waals surface area contributed by atoms with Crippen molar-refractivity contribution >= 4 is 28.3 Å². The van der Waals surface area contributed by atoms with Crippen LogP contribution in [0.15, 0.2) is 67.0 Å². The van der Waals surface area contributed by atoms with Crippen LogP contribution in [0.3, 0.4) is 0 Å². The quantitative estimate of drug-likeness (QED) is 0.500. The summed E-state index contributed by atoms with van der Waals surface area (Å²) in [5, 5.41) is 3.74. The third kappa shape index (κ3) is 3.72. The first-order valence-electron chi connectivity index (χ1n) is 9.77. The number of amides is 1. The van der Waals surface area contributed by atoms with Crippen LogP contribution < -0.4 is 5.32 Å². The Morgan fingerprint density at radius 2 is 1.77 bits per heavy atom. The Balaban J connectivity index is 1.60. The van der Waals surface area contributed by atoms with Crippen molar-refractivity contribution in [2.45, 2.75) is 19.8 Å². The van der Waals surface area contributed by atoms with Crippen molar-refractivity contribution in [3.63, 3.8) is 0 Å². The number of carbonyl (C=O) groups is 2. The lowest BCUT2D eigenvalue weighted by molar-refractivity contribution is 0.102. The number of pyridine rings is 1. The minimum Gasteiger partial charge on any atom is -0.331 e. The first kappa shape index (κ1) is 19.5. The van der Waals surface area contributed by atoms with Gasteiger partial charge in [-0.1, -0.05) is 32.0 Å². The fraction of sp³-hybridized carbons (Fsp3) is 0.167. The van der Waals surface area contributed by atoms with E-state index in [0.29, 0.717) is 22.6 Å². The summed E-state index contributed by atoms with van der Waals surface area (Å²) < 4.78 is 1.68. The van der Waals surface area contributed by atoms with Gasteiger partial charge in [0.05, 0.1) is 11.1 Å². The second kappa shape index (κ2) is 7.91. The van der Waals surface area contributed by atoms with Crippen LogP contribution in [0.4, 0.5) is 5.69 Å². The monoisotopic (exact) mass is 398 g/mol. The van der Waals surface area contributed by atoms with E-state index in [1.165, 1.54) is 0 Å². The highest BCUT2D eigenvalue weighted by Crippen LogP contribution is 2.23. The molecule has 0 aliphatic carbocycles. The van der Waals surface area contributed by atoms with Gasteiger partial charge in [0, 0.05) is 41.8 Å². The minimum atomic E-state index is -0.210. The number of hydrogen-bond donors (Lipinski definition) is 1. The first-order valence-corrected chi connectivity index (χ1v) is 9.77. The summed E-state index contributed by atoms with van der Waals surface area (Å²) in [5.74, 6) is 0.203. The predicted molar refractivity (Wildman–Crippen MR) is 117 cm³/mol. The molecule has 0 spiro atoms. The number of hydrogen-bond acceptors (Lipinski definition) is 4. The molecule has 2 aromatic carbocycles. The van der Waals surface area contributed by atoms with Gasteiger partial charge in [0.1, 0.15) is 0 Å². The second-order valence-electron chi connectivity index (χ2n) is 7.49. The molecule has 0 radical (unpaired) electrons. The van der Waals surface area contributed by atoms with Gasteiger partial charge in [0.2, 0.25) is 5.78 Å². The molecule has 2 aromatic heterocycles. The summed E-state index contributed by atoms with van der Waals surface area (Å²) in [6.07, 6.45) is 3.32. The van der Waals surface area contributed by atoms with Gasteiger partial charge in [-0.25, -0.2) is 4.98 Å². The first-order chi connectivity index (χ1) is 14.4. The third-order valence-corrected chi connectivity index (χ3v) is 5.00. The summed E-state index contributed by atoms with van der Waals surface area (Å²) >= 11 is 0. The van der Waals surface area contributed by atoms with E-state index < -0.39 is 0 Å². The molecular weight excluding hydrogens is 376 g/mol. The van der Waals surface area contributed by atoms with Crippen LogP contribution in [0, 0.1) is 0 Å². The van der Waals surface area contributed by atoms with Crippen molar-refractivity contribution in [3.05, 3.63) is 89.6 Å². The van der Waals surface area contributed by atoms with E-state index in [1.807, 2.05) is 30.3 Å². The molecule has 0 saturated carbocycles. The molecular formula is C24H22N4O2. The molecule has 30 heavy (non-hydrogen) atoms. The number of imidazole rings is 1. The van der Waals surface area contributed by atoms with Gasteiger partial charge in [-0.3, -0.25) is 14.6 Å². The Labute approximate surface area is 174 Å². The van der Waals surface area contributed by atoms with E-state index in [2.05, 4.69) is 29.1 Å². The fourth-order valence-electron chi connectivity index (χ4n) is 3.30. The highest BCUT2D eigenvalue weighted by Gasteiger charge is 2.16. The van der Waals surface area contributed by atoms with Crippen molar-refractivity contribution in [2.24, 2.45) is 7.05 Å². The van der Waals surface area contributed by atoms with Crippen molar-refractivity contribution in [2.75, 3.05) is 5.32 Å². The molecule has 150 valence electrons. The molecule has 0 bridgehead atoms. The van der Waals surface area contributed by atoms with Crippen LogP contribution in [0.2, 0.25) is 0 Å². The van der Waals surface area contributed by atoms with Crippen LogP contribution in [0.1, 0.15) is 52.0 Å². The van der Waals surface area contributed by atoms with Crippen molar-refractivity contribution in [1.29, 1.82) is 0 Å². The summed E-state index contributed by atoms with van der Waals surface area (Å²) in [5.41, 5.74) is 3.37. The molecule has 6 nitrogen and oxygen atoms in total. The van der Waals surface area contributed by atoms with E-state index in [-0.39, 0.29) is 17.6 Å². The average Bonchev–Trinajstić information content (AvgIpc) is 3.18. The number of rotatable bonds is 5. The number of carbonyl (C=O) groups excluding carboxylic acids is 2. The lowest BCUT2D eigenvalue weighted by atomic mass is 10.0. The maximum Gasteiger partial charge on any atom is 0.256 e. The topological polar surface area (TPSA) is 76.9 Å². The van der Waals surface area contributed by atoms with Gasteiger partial charge in [0.15, 0.2) is 5.82 Å².